The van der Waals surface area contributed by atoms with Crippen LogP contribution in [0.25, 0.3) is 0 Å². The second-order valence-electron chi connectivity index (χ2n) is 6.23. The van der Waals surface area contributed by atoms with E-state index in [9.17, 15) is 13.2 Å². The molecule has 0 bridgehead atoms. The number of sulfone groups is 1. The third-order valence-corrected chi connectivity index (χ3v) is 6.31. The summed E-state index contributed by atoms with van der Waals surface area (Å²) < 4.78 is 24.3. The zero-order valence-electron chi connectivity index (χ0n) is 11.8. The van der Waals surface area contributed by atoms with Crippen LogP contribution in [0.4, 0.5) is 0 Å². The summed E-state index contributed by atoms with van der Waals surface area (Å²) in [7, 11) is -3.17. The van der Waals surface area contributed by atoms with Gasteiger partial charge in [-0.3, -0.25) is 4.79 Å². The van der Waals surface area contributed by atoms with Gasteiger partial charge in [-0.05, 0) is 25.2 Å². The molecule has 0 unspecified atom stereocenters. The number of carbonyl (C=O) groups excluding carboxylic acids is 1. The molecular weight excluding hydrogens is 278 g/mol. The number of hydrogen-bond donors (Lipinski definition) is 2. The van der Waals surface area contributed by atoms with Crippen molar-refractivity contribution in [1.29, 1.82) is 5.26 Å². The Balaban J connectivity index is 1.92. The normalized spacial score (nSPS) is 28.1. The largest absolute Gasteiger partial charge is 0.336 e. The molecule has 1 saturated carbocycles. The summed E-state index contributed by atoms with van der Waals surface area (Å²) in [4.78, 5) is 12.0. The van der Waals surface area contributed by atoms with Gasteiger partial charge >= 0.3 is 0 Å². The van der Waals surface area contributed by atoms with Gasteiger partial charge in [0, 0.05) is 6.54 Å². The topological polar surface area (TPSA) is 99.1 Å². The fourth-order valence-electron chi connectivity index (χ4n) is 2.49. The van der Waals surface area contributed by atoms with Gasteiger partial charge in [0.15, 0.2) is 9.84 Å². The Labute approximate surface area is 119 Å². The fourth-order valence-corrected chi connectivity index (χ4v) is 4.53. The molecule has 0 aromatic carbocycles. The molecule has 1 heterocycles. The fraction of sp³-hybridized carbons (Fsp3) is 0.846. The number of hydrogen-bond acceptors (Lipinski definition) is 5. The minimum Gasteiger partial charge on any atom is -0.336 e. The first-order valence-corrected chi connectivity index (χ1v) is 8.68. The molecule has 112 valence electrons. The molecule has 7 heteroatoms. The highest BCUT2D eigenvalue weighted by atomic mass is 32.2. The minimum atomic E-state index is -3.17. The van der Waals surface area contributed by atoms with E-state index in [4.69, 9.17) is 5.26 Å². The van der Waals surface area contributed by atoms with E-state index >= 15 is 0 Å². The average molecular weight is 299 g/mol. The maximum Gasteiger partial charge on any atom is 0.238 e. The maximum absolute atomic E-state index is 12.1. The van der Waals surface area contributed by atoms with Gasteiger partial charge in [0.2, 0.25) is 5.91 Å². The smallest absolute Gasteiger partial charge is 0.238 e. The van der Waals surface area contributed by atoms with Crippen molar-refractivity contribution >= 4 is 15.7 Å². The highest BCUT2D eigenvalue weighted by molar-refractivity contribution is 7.92. The van der Waals surface area contributed by atoms with E-state index in [-0.39, 0.29) is 17.6 Å². The lowest BCUT2D eigenvalue weighted by Gasteiger charge is -2.15. The second-order valence-corrected chi connectivity index (χ2v) is 8.55. The monoisotopic (exact) mass is 299 g/mol. The van der Waals surface area contributed by atoms with Crippen molar-refractivity contribution in [2.75, 3.05) is 12.3 Å². The van der Waals surface area contributed by atoms with Crippen LogP contribution < -0.4 is 10.6 Å². The van der Waals surface area contributed by atoms with Crippen molar-refractivity contribution in [3.05, 3.63) is 0 Å². The van der Waals surface area contributed by atoms with Gasteiger partial charge < -0.3 is 10.6 Å². The van der Waals surface area contributed by atoms with E-state index in [1.54, 1.807) is 0 Å². The van der Waals surface area contributed by atoms with Crippen LogP contribution in [-0.4, -0.2) is 43.5 Å². The van der Waals surface area contributed by atoms with E-state index in [2.05, 4.69) is 16.7 Å². The van der Waals surface area contributed by atoms with Crippen LogP contribution >= 0.6 is 0 Å². The van der Waals surface area contributed by atoms with Gasteiger partial charge in [-0.15, -0.1) is 0 Å². The molecule has 2 N–H and O–H groups in total. The predicted octanol–water partition coefficient (Wildman–Crippen LogP) is -0.0399. The zero-order chi connectivity index (χ0) is 15.0. The van der Waals surface area contributed by atoms with E-state index in [0.29, 0.717) is 25.8 Å². The van der Waals surface area contributed by atoms with Crippen LogP contribution in [0, 0.1) is 17.2 Å². The molecule has 2 fully saturated rings. The molecule has 1 amide bonds. The summed E-state index contributed by atoms with van der Waals surface area (Å²) in [6.07, 6.45) is 1.65. The number of nitrogens with zero attached hydrogens (tertiary/aromatic N) is 1. The standard InChI is InChI=1S/C13H21N3O3S/c1-9(2)7-20(18,19)10-5-11(15-6-10)12(17)16-13(8-14)3-4-13/h9-11,15H,3-7H2,1-2H3,(H,16,17)/t10-,11+/m1/s1. The van der Waals surface area contributed by atoms with E-state index < -0.39 is 26.7 Å². The number of amides is 1. The molecular formula is C13H21N3O3S. The molecule has 0 radical (unpaired) electrons. The van der Waals surface area contributed by atoms with E-state index in [0.717, 1.165) is 0 Å². The zero-order valence-corrected chi connectivity index (χ0v) is 12.7. The van der Waals surface area contributed by atoms with Gasteiger partial charge in [0.1, 0.15) is 5.54 Å². The highest BCUT2D eigenvalue weighted by Gasteiger charge is 2.47. The highest BCUT2D eigenvalue weighted by Crippen LogP contribution is 2.34. The van der Waals surface area contributed by atoms with Crippen LogP contribution in [0.3, 0.4) is 0 Å². The van der Waals surface area contributed by atoms with Crippen LogP contribution in [0.5, 0.6) is 0 Å². The average Bonchev–Trinajstić information content (AvgIpc) is 2.91. The lowest BCUT2D eigenvalue weighted by atomic mass is 10.2. The number of carbonyl (C=O) groups is 1. The summed E-state index contributed by atoms with van der Waals surface area (Å²) in [5.74, 6) is -0.0250. The van der Waals surface area contributed by atoms with Crippen molar-refractivity contribution < 1.29 is 13.2 Å². The van der Waals surface area contributed by atoms with Crippen molar-refractivity contribution in [1.82, 2.24) is 10.6 Å². The molecule has 6 nitrogen and oxygen atoms in total. The van der Waals surface area contributed by atoms with Crippen LogP contribution in [-0.2, 0) is 14.6 Å². The Kier molecular flexibility index (Phi) is 4.07. The molecule has 1 saturated heterocycles. The quantitative estimate of drug-likeness (QED) is 0.742. The maximum atomic E-state index is 12.1. The third kappa shape index (κ3) is 3.30. The molecule has 0 aromatic rings. The van der Waals surface area contributed by atoms with Crippen LogP contribution in [0.15, 0.2) is 0 Å². The Morgan fingerprint density at radius 2 is 2.15 bits per heavy atom. The number of nitrogens with one attached hydrogen (secondary N) is 2. The summed E-state index contributed by atoms with van der Waals surface area (Å²) in [5, 5.41) is 14.1. The summed E-state index contributed by atoms with van der Waals surface area (Å²) in [5.41, 5.74) is -0.701. The van der Waals surface area contributed by atoms with E-state index in [1.165, 1.54) is 0 Å². The number of rotatable bonds is 5. The van der Waals surface area contributed by atoms with Crippen molar-refractivity contribution in [3.8, 4) is 6.07 Å². The molecule has 2 rings (SSSR count). The Morgan fingerprint density at radius 3 is 2.65 bits per heavy atom. The van der Waals surface area contributed by atoms with Gasteiger partial charge in [-0.1, -0.05) is 13.8 Å². The van der Waals surface area contributed by atoms with Crippen molar-refractivity contribution in [2.45, 2.75) is 49.9 Å². The molecule has 1 aliphatic carbocycles. The minimum absolute atomic E-state index is 0.0844. The Morgan fingerprint density at radius 1 is 1.50 bits per heavy atom. The Bertz CT molecular complexity index is 532. The third-order valence-electron chi connectivity index (χ3n) is 3.81. The summed E-state index contributed by atoms with van der Waals surface area (Å²) >= 11 is 0. The summed E-state index contributed by atoms with van der Waals surface area (Å²) in [6, 6.07) is 1.59. The molecule has 0 aromatic heterocycles. The molecule has 20 heavy (non-hydrogen) atoms. The van der Waals surface area contributed by atoms with Crippen molar-refractivity contribution in [2.24, 2.45) is 5.92 Å². The molecule has 0 spiro atoms. The van der Waals surface area contributed by atoms with Crippen LogP contribution in [0.2, 0.25) is 0 Å². The van der Waals surface area contributed by atoms with Gasteiger partial charge in [-0.25, -0.2) is 8.42 Å². The van der Waals surface area contributed by atoms with Crippen LogP contribution in [0.1, 0.15) is 33.1 Å². The van der Waals surface area contributed by atoms with E-state index in [1.807, 2.05) is 13.8 Å². The number of nitriles is 1. The first-order chi connectivity index (χ1) is 9.28. The van der Waals surface area contributed by atoms with Gasteiger partial charge in [0.25, 0.3) is 0 Å². The van der Waals surface area contributed by atoms with Gasteiger partial charge in [-0.2, -0.15) is 5.26 Å². The predicted molar refractivity (Wildman–Crippen MR) is 74.5 cm³/mol. The first kappa shape index (κ1) is 15.3. The lowest BCUT2D eigenvalue weighted by Crippen LogP contribution is -2.45. The molecule has 2 aliphatic rings. The second kappa shape index (κ2) is 5.34. The van der Waals surface area contributed by atoms with Gasteiger partial charge in [0.05, 0.1) is 23.1 Å². The lowest BCUT2D eigenvalue weighted by molar-refractivity contribution is -0.123. The SMILES string of the molecule is CC(C)CS(=O)(=O)[C@H]1CN[C@H](C(=O)NC2(C#N)CC2)C1. The molecule has 2 atom stereocenters. The molecule has 1 aliphatic heterocycles. The summed E-state index contributed by atoms with van der Waals surface area (Å²) in [6.45, 7) is 4.05. The Hall–Kier alpha value is -1.13. The van der Waals surface area contributed by atoms with Crippen molar-refractivity contribution in [3.63, 3.8) is 0 Å². The first-order valence-electron chi connectivity index (χ1n) is 6.96.